The van der Waals surface area contributed by atoms with Crippen molar-refractivity contribution in [2.75, 3.05) is 32.8 Å². The van der Waals surface area contributed by atoms with E-state index in [1.54, 1.807) is 12.1 Å². The zero-order valence-corrected chi connectivity index (χ0v) is 14.5. The summed E-state index contributed by atoms with van der Waals surface area (Å²) in [6.45, 7) is 5.68. The Bertz CT molecular complexity index is 727. The first-order valence-electron chi connectivity index (χ1n) is 8.54. The summed E-state index contributed by atoms with van der Waals surface area (Å²) >= 11 is 0. The van der Waals surface area contributed by atoms with Gasteiger partial charge in [-0.2, -0.15) is 0 Å². The van der Waals surface area contributed by atoms with Gasteiger partial charge in [-0.3, -0.25) is 9.69 Å². The third-order valence-electron chi connectivity index (χ3n) is 4.37. The standard InChI is InChI=1S/C20H23FN2O2/c1-16-4-2-7-19(12-16)25-15-20(24)23-10-8-22(9-11-23)14-17-5-3-6-18(21)13-17/h2-7,12-13H,8-11,14-15H2,1H3. The van der Waals surface area contributed by atoms with E-state index in [4.69, 9.17) is 4.74 Å². The molecule has 0 aromatic heterocycles. The van der Waals surface area contributed by atoms with Gasteiger partial charge in [0.2, 0.25) is 0 Å². The zero-order valence-electron chi connectivity index (χ0n) is 14.5. The summed E-state index contributed by atoms with van der Waals surface area (Å²) in [4.78, 5) is 16.4. The topological polar surface area (TPSA) is 32.8 Å². The molecule has 2 aromatic carbocycles. The van der Waals surface area contributed by atoms with E-state index in [0.29, 0.717) is 19.6 Å². The number of piperazine rings is 1. The van der Waals surface area contributed by atoms with Gasteiger partial charge in [-0.05, 0) is 42.3 Å². The van der Waals surface area contributed by atoms with Crippen LogP contribution in [-0.4, -0.2) is 48.5 Å². The normalized spacial score (nSPS) is 15.2. The molecule has 2 aromatic rings. The Morgan fingerprint density at radius 1 is 1.08 bits per heavy atom. The number of amides is 1. The van der Waals surface area contributed by atoms with E-state index in [1.165, 1.54) is 6.07 Å². The molecular weight excluding hydrogens is 319 g/mol. The summed E-state index contributed by atoms with van der Waals surface area (Å²) in [6, 6.07) is 14.4. The predicted molar refractivity (Wildman–Crippen MR) is 94.9 cm³/mol. The number of hydrogen-bond acceptors (Lipinski definition) is 3. The van der Waals surface area contributed by atoms with Crippen molar-refractivity contribution in [1.29, 1.82) is 0 Å². The minimum atomic E-state index is -0.209. The Hall–Kier alpha value is -2.40. The van der Waals surface area contributed by atoms with Crippen LogP contribution in [0.3, 0.4) is 0 Å². The molecule has 0 N–H and O–H groups in total. The van der Waals surface area contributed by atoms with Gasteiger partial charge in [-0.1, -0.05) is 24.3 Å². The Balaban J connectivity index is 1.44. The van der Waals surface area contributed by atoms with E-state index in [-0.39, 0.29) is 18.3 Å². The van der Waals surface area contributed by atoms with Gasteiger partial charge in [0.1, 0.15) is 11.6 Å². The second-order valence-electron chi connectivity index (χ2n) is 6.39. The molecule has 1 amide bonds. The molecule has 0 atom stereocenters. The fraction of sp³-hybridized carbons (Fsp3) is 0.350. The number of carbonyl (C=O) groups is 1. The number of ether oxygens (including phenoxy) is 1. The van der Waals surface area contributed by atoms with Crippen LogP contribution in [0.4, 0.5) is 4.39 Å². The van der Waals surface area contributed by atoms with Crippen LogP contribution in [0.25, 0.3) is 0 Å². The van der Waals surface area contributed by atoms with E-state index in [2.05, 4.69) is 4.90 Å². The predicted octanol–water partition coefficient (Wildman–Crippen LogP) is 2.86. The molecule has 1 fully saturated rings. The number of nitrogens with zero attached hydrogens (tertiary/aromatic N) is 2. The largest absolute Gasteiger partial charge is 0.484 e. The van der Waals surface area contributed by atoms with Crippen LogP contribution in [0.1, 0.15) is 11.1 Å². The SMILES string of the molecule is Cc1cccc(OCC(=O)N2CCN(Cc3cccc(F)c3)CC2)c1. The molecule has 1 aliphatic rings. The lowest BCUT2D eigenvalue weighted by molar-refractivity contribution is -0.135. The molecule has 132 valence electrons. The molecule has 4 nitrogen and oxygen atoms in total. The quantitative estimate of drug-likeness (QED) is 0.838. The molecule has 1 saturated heterocycles. The van der Waals surface area contributed by atoms with Gasteiger partial charge in [-0.15, -0.1) is 0 Å². The highest BCUT2D eigenvalue weighted by atomic mass is 19.1. The van der Waals surface area contributed by atoms with Crippen molar-refractivity contribution >= 4 is 5.91 Å². The van der Waals surface area contributed by atoms with Gasteiger partial charge in [0, 0.05) is 32.7 Å². The summed E-state index contributed by atoms with van der Waals surface area (Å²) in [7, 11) is 0. The first-order valence-corrected chi connectivity index (χ1v) is 8.54. The van der Waals surface area contributed by atoms with E-state index in [0.717, 1.165) is 30.0 Å². The summed E-state index contributed by atoms with van der Waals surface area (Å²) < 4.78 is 18.8. The van der Waals surface area contributed by atoms with Crippen molar-refractivity contribution in [3.8, 4) is 5.75 Å². The van der Waals surface area contributed by atoms with Crippen LogP contribution in [0, 0.1) is 12.7 Å². The van der Waals surface area contributed by atoms with Gasteiger partial charge in [-0.25, -0.2) is 4.39 Å². The second-order valence-corrected chi connectivity index (χ2v) is 6.39. The lowest BCUT2D eigenvalue weighted by Crippen LogP contribution is -2.49. The van der Waals surface area contributed by atoms with Gasteiger partial charge in [0.15, 0.2) is 6.61 Å². The molecule has 0 aliphatic carbocycles. The van der Waals surface area contributed by atoms with Crippen molar-refractivity contribution < 1.29 is 13.9 Å². The van der Waals surface area contributed by atoms with E-state index in [9.17, 15) is 9.18 Å². The monoisotopic (exact) mass is 342 g/mol. The number of aryl methyl sites for hydroxylation is 1. The molecule has 0 bridgehead atoms. The maximum absolute atomic E-state index is 13.3. The highest BCUT2D eigenvalue weighted by molar-refractivity contribution is 5.77. The second kappa shape index (κ2) is 8.12. The molecule has 5 heteroatoms. The smallest absolute Gasteiger partial charge is 0.260 e. The highest BCUT2D eigenvalue weighted by Crippen LogP contribution is 2.13. The Labute approximate surface area is 147 Å². The van der Waals surface area contributed by atoms with E-state index in [1.807, 2.05) is 42.2 Å². The Morgan fingerprint density at radius 2 is 1.84 bits per heavy atom. The zero-order chi connectivity index (χ0) is 17.6. The number of benzene rings is 2. The average Bonchev–Trinajstić information content (AvgIpc) is 2.60. The van der Waals surface area contributed by atoms with Gasteiger partial charge >= 0.3 is 0 Å². The lowest BCUT2D eigenvalue weighted by Gasteiger charge is -2.34. The maximum atomic E-state index is 13.3. The van der Waals surface area contributed by atoms with E-state index < -0.39 is 0 Å². The molecule has 0 radical (unpaired) electrons. The fourth-order valence-electron chi connectivity index (χ4n) is 2.99. The first kappa shape index (κ1) is 17.4. The third kappa shape index (κ3) is 5.03. The first-order chi connectivity index (χ1) is 12.1. The molecule has 0 spiro atoms. The molecule has 0 unspecified atom stereocenters. The number of hydrogen-bond donors (Lipinski definition) is 0. The molecule has 1 heterocycles. The van der Waals surface area contributed by atoms with Crippen molar-refractivity contribution in [3.63, 3.8) is 0 Å². The van der Waals surface area contributed by atoms with E-state index >= 15 is 0 Å². The Kier molecular flexibility index (Phi) is 5.66. The maximum Gasteiger partial charge on any atom is 0.260 e. The molecule has 0 saturated carbocycles. The van der Waals surface area contributed by atoms with Crippen LogP contribution in [0.5, 0.6) is 5.75 Å². The van der Waals surface area contributed by atoms with Gasteiger partial charge < -0.3 is 9.64 Å². The van der Waals surface area contributed by atoms with Crippen LogP contribution >= 0.6 is 0 Å². The van der Waals surface area contributed by atoms with Crippen molar-refractivity contribution in [1.82, 2.24) is 9.80 Å². The number of halogens is 1. The Morgan fingerprint density at radius 3 is 2.56 bits per heavy atom. The summed E-state index contributed by atoms with van der Waals surface area (Å²) in [5.41, 5.74) is 2.07. The average molecular weight is 342 g/mol. The van der Waals surface area contributed by atoms with Gasteiger partial charge in [0.05, 0.1) is 0 Å². The summed E-state index contributed by atoms with van der Waals surface area (Å²) in [5, 5.41) is 0. The molecular formula is C20H23FN2O2. The number of carbonyl (C=O) groups excluding carboxylic acids is 1. The highest BCUT2D eigenvalue weighted by Gasteiger charge is 2.21. The molecule has 25 heavy (non-hydrogen) atoms. The van der Waals surface area contributed by atoms with Gasteiger partial charge in [0.25, 0.3) is 5.91 Å². The molecule has 1 aliphatic heterocycles. The summed E-state index contributed by atoms with van der Waals surface area (Å²) in [6.07, 6.45) is 0. The van der Waals surface area contributed by atoms with Crippen LogP contribution in [0.2, 0.25) is 0 Å². The summed E-state index contributed by atoms with van der Waals surface area (Å²) in [5.74, 6) is 0.518. The number of rotatable bonds is 5. The van der Waals surface area contributed by atoms with Crippen molar-refractivity contribution in [2.45, 2.75) is 13.5 Å². The third-order valence-corrected chi connectivity index (χ3v) is 4.37. The van der Waals surface area contributed by atoms with Crippen LogP contribution in [0.15, 0.2) is 48.5 Å². The minimum absolute atomic E-state index is 0.00640. The van der Waals surface area contributed by atoms with Crippen LogP contribution in [-0.2, 0) is 11.3 Å². The van der Waals surface area contributed by atoms with Crippen molar-refractivity contribution in [2.24, 2.45) is 0 Å². The van der Waals surface area contributed by atoms with Crippen LogP contribution < -0.4 is 4.74 Å². The lowest BCUT2D eigenvalue weighted by atomic mass is 10.2. The fourth-order valence-corrected chi connectivity index (χ4v) is 2.99. The van der Waals surface area contributed by atoms with Crippen molar-refractivity contribution in [3.05, 3.63) is 65.5 Å². The minimum Gasteiger partial charge on any atom is -0.484 e. The molecule has 3 rings (SSSR count).